The number of ether oxygens (including phenoxy) is 2. The summed E-state index contributed by atoms with van der Waals surface area (Å²) < 4.78 is 13.1. The van der Waals surface area contributed by atoms with Crippen LogP contribution in [0.25, 0.3) is 0 Å². The minimum atomic E-state index is -0.251. The van der Waals surface area contributed by atoms with Crippen LogP contribution in [0.4, 0.5) is 0 Å². The highest BCUT2D eigenvalue weighted by molar-refractivity contribution is 6.07. The van der Waals surface area contributed by atoms with Gasteiger partial charge in [0, 0.05) is 12.8 Å². The first-order valence-corrected chi connectivity index (χ1v) is 11.0. The number of benzene rings is 2. The Labute approximate surface area is 170 Å². The van der Waals surface area contributed by atoms with Crippen molar-refractivity contribution in [2.45, 2.75) is 62.8 Å². The zero-order valence-corrected chi connectivity index (χ0v) is 16.4. The molecule has 2 heterocycles. The summed E-state index contributed by atoms with van der Waals surface area (Å²) in [5, 5.41) is 0. The summed E-state index contributed by atoms with van der Waals surface area (Å²) in [7, 11) is 0. The maximum Gasteiger partial charge on any atom is 0.200 e. The fourth-order valence-corrected chi connectivity index (χ4v) is 6.16. The summed E-state index contributed by atoms with van der Waals surface area (Å²) in [6, 6.07) is 17.6. The van der Waals surface area contributed by atoms with Gasteiger partial charge in [-0.05, 0) is 35.1 Å². The third-order valence-electron chi connectivity index (χ3n) is 7.61. The van der Waals surface area contributed by atoms with Crippen LogP contribution in [0, 0.1) is 5.41 Å². The Bertz CT molecular complexity index is 986. The molecule has 4 nitrogen and oxygen atoms in total. The lowest BCUT2D eigenvalue weighted by atomic mass is 9.85. The van der Waals surface area contributed by atoms with E-state index in [1.807, 2.05) is 0 Å². The van der Waals surface area contributed by atoms with Crippen LogP contribution in [0.1, 0.15) is 60.0 Å². The normalized spacial score (nSPS) is 32.6. The second-order valence-electron chi connectivity index (χ2n) is 9.17. The molecule has 5 aliphatic rings. The topological polar surface area (TPSA) is 43.2 Å². The predicted octanol–water partition coefficient (Wildman–Crippen LogP) is 4.74. The van der Waals surface area contributed by atoms with Gasteiger partial charge in [-0.15, -0.1) is 0 Å². The molecule has 4 heteroatoms. The van der Waals surface area contributed by atoms with Gasteiger partial charge in [0.15, 0.2) is 11.8 Å². The number of hydrogen-bond donors (Lipinski definition) is 0. The number of nitrogens with zero attached hydrogens (tertiary/aromatic N) is 2. The van der Waals surface area contributed by atoms with Crippen molar-refractivity contribution < 1.29 is 9.47 Å². The van der Waals surface area contributed by atoms with Crippen LogP contribution in [0.15, 0.2) is 58.5 Å². The lowest BCUT2D eigenvalue weighted by Crippen LogP contribution is -2.39. The largest absolute Gasteiger partial charge is 0.474 e. The molecule has 2 aliphatic heterocycles. The Morgan fingerprint density at radius 2 is 1.17 bits per heavy atom. The molecule has 0 bridgehead atoms. The third-order valence-corrected chi connectivity index (χ3v) is 7.61. The Kier molecular flexibility index (Phi) is 3.19. The molecule has 4 unspecified atom stereocenters. The van der Waals surface area contributed by atoms with Crippen molar-refractivity contribution >= 4 is 11.8 Å². The Hall–Kier alpha value is -2.62. The molecule has 2 aromatic rings. The second-order valence-corrected chi connectivity index (χ2v) is 9.17. The number of fused-ring (bicyclic) bond motifs is 6. The van der Waals surface area contributed by atoms with Gasteiger partial charge < -0.3 is 9.47 Å². The van der Waals surface area contributed by atoms with Crippen molar-refractivity contribution in [2.24, 2.45) is 15.4 Å². The van der Waals surface area contributed by atoms with E-state index in [2.05, 4.69) is 48.5 Å². The summed E-state index contributed by atoms with van der Waals surface area (Å²) in [5.74, 6) is 1.79. The van der Waals surface area contributed by atoms with Crippen molar-refractivity contribution in [3.63, 3.8) is 0 Å². The molecule has 2 aromatic carbocycles. The molecule has 29 heavy (non-hydrogen) atoms. The van der Waals surface area contributed by atoms with E-state index in [1.165, 1.54) is 35.1 Å². The van der Waals surface area contributed by atoms with Crippen molar-refractivity contribution in [1.29, 1.82) is 0 Å². The van der Waals surface area contributed by atoms with Gasteiger partial charge in [0.25, 0.3) is 0 Å². The minimum Gasteiger partial charge on any atom is -0.474 e. The monoisotopic (exact) mass is 384 g/mol. The van der Waals surface area contributed by atoms with E-state index in [4.69, 9.17) is 19.5 Å². The van der Waals surface area contributed by atoms with Gasteiger partial charge in [-0.3, -0.25) is 0 Å². The molecule has 0 radical (unpaired) electrons. The van der Waals surface area contributed by atoms with Gasteiger partial charge in [-0.2, -0.15) is 0 Å². The highest BCUT2D eigenvalue weighted by atomic mass is 16.5. The molecular formula is C25H24N2O2. The lowest BCUT2D eigenvalue weighted by Gasteiger charge is -2.29. The van der Waals surface area contributed by atoms with E-state index < -0.39 is 0 Å². The van der Waals surface area contributed by atoms with E-state index in [0.29, 0.717) is 0 Å². The van der Waals surface area contributed by atoms with E-state index in [1.54, 1.807) is 0 Å². The molecule has 1 fully saturated rings. The van der Waals surface area contributed by atoms with Crippen LogP contribution >= 0.6 is 0 Å². The molecule has 0 amide bonds. The zero-order chi connectivity index (χ0) is 19.0. The lowest BCUT2D eigenvalue weighted by molar-refractivity contribution is 0.164. The van der Waals surface area contributed by atoms with Crippen LogP contribution in [-0.2, 0) is 22.3 Å². The van der Waals surface area contributed by atoms with E-state index in [9.17, 15) is 0 Å². The first-order chi connectivity index (χ1) is 14.3. The summed E-state index contributed by atoms with van der Waals surface area (Å²) in [6.07, 6.45) is 6.63. The quantitative estimate of drug-likeness (QED) is 0.751. The molecule has 1 saturated carbocycles. The van der Waals surface area contributed by atoms with Crippen LogP contribution in [0.3, 0.4) is 0 Å². The smallest absolute Gasteiger partial charge is 0.200 e. The molecule has 146 valence electrons. The Morgan fingerprint density at radius 3 is 1.69 bits per heavy atom. The SMILES string of the molecule is c1ccc2c(c1)CC1OC(C3(C4=NC5c6ccccc6CC5O4)CCCC3)=NC21. The van der Waals surface area contributed by atoms with E-state index in [-0.39, 0.29) is 29.7 Å². The number of hydrogen-bond acceptors (Lipinski definition) is 4. The maximum absolute atomic E-state index is 6.55. The molecule has 0 spiro atoms. The molecule has 3 aliphatic carbocycles. The summed E-state index contributed by atoms with van der Waals surface area (Å²) >= 11 is 0. The summed E-state index contributed by atoms with van der Waals surface area (Å²) in [4.78, 5) is 10.3. The highest BCUT2D eigenvalue weighted by Gasteiger charge is 2.55. The average Bonchev–Trinajstić information content (AvgIpc) is 3.51. The van der Waals surface area contributed by atoms with Crippen molar-refractivity contribution in [3.8, 4) is 0 Å². The van der Waals surface area contributed by atoms with Crippen LogP contribution < -0.4 is 0 Å². The van der Waals surface area contributed by atoms with Gasteiger partial charge in [-0.1, -0.05) is 61.4 Å². The van der Waals surface area contributed by atoms with Gasteiger partial charge in [0.2, 0.25) is 0 Å². The molecule has 0 N–H and O–H groups in total. The van der Waals surface area contributed by atoms with Crippen LogP contribution in [0.5, 0.6) is 0 Å². The molecule has 4 atom stereocenters. The van der Waals surface area contributed by atoms with Crippen molar-refractivity contribution in [2.75, 3.05) is 0 Å². The standard InChI is InChI=1S/C25H24N2O2/c1-3-9-17-15(7-1)13-19-21(17)26-23(28-19)25(11-5-6-12-25)24-27-22-18-10-4-2-8-16(18)14-20(22)29-24/h1-4,7-10,19-22H,5-6,11-14H2. The predicted molar refractivity (Wildman–Crippen MR) is 111 cm³/mol. The second kappa shape index (κ2) is 5.71. The first kappa shape index (κ1) is 16.2. The fourth-order valence-electron chi connectivity index (χ4n) is 6.16. The third kappa shape index (κ3) is 2.15. The van der Waals surface area contributed by atoms with Crippen molar-refractivity contribution in [3.05, 3.63) is 70.8 Å². The fraction of sp³-hybridized carbons (Fsp3) is 0.440. The van der Waals surface area contributed by atoms with E-state index in [0.717, 1.165) is 37.5 Å². The maximum atomic E-state index is 6.55. The summed E-state index contributed by atoms with van der Waals surface area (Å²) in [6.45, 7) is 0. The van der Waals surface area contributed by atoms with Crippen molar-refractivity contribution in [1.82, 2.24) is 0 Å². The summed E-state index contributed by atoms with van der Waals surface area (Å²) in [5.41, 5.74) is 5.18. The van der Waals surface area contributed by atoms with Crippen LogP contribution in [0.2, 0.25) is 0 Å². The molecule has 0 aromatic heterocycles. The Balaban J connectivity index is 1.27. The first-order valence-electron chi connectivity index (χ1n) is 11.0. The van der Waals surface area contributed by atoms with Gasteiger partial charge >= 0.3 is 0 Å². The Morgan fingerprint density at radius 1 is 0.690 bits per heavy atom. The van der Waals surface area contributed by atoms with Gasteiger partial charge in [0.05, 0.1) is 0 Å². The molecular weight excluding hydrogens is 360 g/mol. The highest BCUT2D eigenvalue weighted by Crippen LogP contribution is 2.52. The number of rotatable bonds is 2. The molecule has 7 rings (SSSR count). The van der Waals surface area contributed by atoms with Gasteiger partial charge in [-0.25, -0.2) is 9.98 Å². The van der Waals surface area contributed by atoms with Crippen LogP contribution in [-0.4, -0.2) is 24.0 Å². The van der Waals surface area contributed by atoms with E-state index >= 15 is 0 Å². The van der Waals surface area contributed by atoms with Gasteiger partial charge in [0.1, 0.15) is 29.7 Å². The average molecular weight is 384 g/mol. The zero-order valence-electron chi connectivity index (χ0n) is 16.4. The molecule has 0 saturated heterocycles. The number of aliphatic imine (C=N–C) groups is 2. The minimum absolute atomic E-state index is 0.140.